The number of amides is 1. The van der Waals surface area contributed by atoms with Crippen LogP contribution in [0.5, 0.6) is 0 Å². The lowest BCUT2D eigenvalue weighted by Gasteiger charge is -2.33. The Hall–Kier alpha value is -1.85. The Labute approximate surface area is 171 Å². The van der Waals surface area contributed by atoms with Crippen LogP contribution in [0.3, 0.4) is 0 Å². The number of rotatable bonds is 7. The number of piperidine rings is 1. The number of aromatic nitrogens is 1. The minimum Gasteiger partial charge on any atom is -0.360 e. The molecule has 1 aromatic carbocycles. The van der Waals surface area contributed by atoms with Gasteiger partial charge in [0.2, 0.25) is 0 Å². The SMILES string of the molecule is CN(CC1CCN(CCc2ccc(Cl)cc2)CC1)C(=O)c1cc(C2CC2)on1. The first-order chi connectivity index (χ1) is 13.6. The normalized spacial score (nSPS) is 18.4. The van der Waals surface area contributed by atoms with Crippen molar-refractivity contribution in [2.24, 2.45) is 5.92 Å². The highest BCUT2D eigenvalue weighted by Gasteiger charge is 2.30. The third-order valence-corrected chi connectivity index (χ3v) is 6.20. The largest absolute Gasteiger partial charge is 0.360 e. The summed E-state index contributed by atoms with van der Waals surface area (Å²) >= 11 is 5.95. The molecule has 0 radical (unpaired) electrons. The second-order valence-corrected chi connectivity index (χ2v) is 8.67. The number of carbonyl (C=O) groups is 1. The highest BCUT2D eigenvalue weighted by Crippen LogP contribution is 2.40. The summed E-state index contributed by atoms with van der Waals surface area (Å²) in [4.78, 5) is 16.9. The first kappa shape index (κ1) is 19.5. The molecule has 1 aliphatic carbocycles. The summed E-state index contributed by atoms with van der Waals surface area (Å²) in [5.74, 6) is 1.87. The van der Waals surface area contributed by atoms with Gasteiger partial charge in [-0.15, -0.1) is 0 Å². The van der Waals surface area contributed by atoms with E-state index >= 15 is 0 Å². The van der Waals surface area contributed by atoms with Gasteiger partial charge in [-0.05, 0) is 68.8 Å². The van der Waals surface area contributed by atoms with Crippen LogP contribution >= 0.6 is 11.6 Å². The van der Waals surface area contributed by atoms with Crippen molar-refractivity contribution in [3.63, 3.8) is 0 Å². The molecule has 6 heteroatoms. The molecule has 1 saturated heterocycles. The Kier molecular flexibility index (Phi) is 6.02. The van der Waals surface area contributed by atoms with Crippen LogP contribution in [0.2, 0.25) is 5.02 Å². The zero-order chi connectivity index (χ0) is 19.5. The van der Waals surface area contributed by atoms with E-state index in [2.05, 4.69) is 22.2 Å². The molecular formula is C22H28ClN3O2. The summed E-state index contributed by atoms with van der Waals surface area (Å²) in [5, 5.41) is 4.77. The number of likely N-dealkylation sites (tertiary alicyclic amines) is 1. The molecule has 0 unspecified atom stereocenters. The average Bonchev–Trinajstić information content (AvgIpc) is 3.45. The van der Waals surface area contributed by atoms with E-state index in [1.54, 1.807) is 0 Å². The molecule has 1 aliphatic heterocycles. The average molecular weight is 402 g/mol. The maximum absolute atomic E-state index is 12.6. The van der Waals surface area contributed by atoms with Gasteiger partial charge < -0.3 is 14.3 Å². The van der Waals surface area contributed by atoms with Crippen molar-refractivity contribution >= 4 is 17.5 Å². The predicted octanol–water partition coefficient (Wildman–Crippen LogP) is 4.23. The van der Waals surface area contributed by atoms with E-state index in [1.807, 2.05) is 30.1 Å². The van der Waals surface area contributed by atoms with Crippen molar-refractivity contribution in [2.45, 2.75) is 38.0 Å². The Morgan fingerprint density at radius 1 is 1.21 bits per heavy atom. The van der Waals surface area contributed by atoms with Gasteiger partial charge in [-0.1, -0.05) is 28.9 Å². The lowest BCUT2D eigenvalue weighted by Crippen LogP contribution is -2.40. The molecule has 1 amide bonds. The summed E-state index contributed by atoms with van der Waals surface area (Å²) < 4.78 is 5.32. The number of hydrogen-bond donors (Lipinski definition) is 0. The molecule has 150 valence electrons. The van der Waals surface area contributed by atoms with Gasteiger partial charge in [0.15, 0.2) is 5.69 Å². The Bertz CT molecular complexity index is 792. The molecule has 0 N–H and O–H groups in total. The van der Waals surface area contributed by atoms with Gasteiger partial charge in [-0.2, -0.15) is 0 Å². The van der Waals surface area contributed by atoms with Crippen LogP contribution in [0, 0.1) is 5.92 Å². The van der Waals surface area contributed by atoms with Crippen LogP contribution < -0.4 is 0 Å². The van der Waals surface area contributed by atoms with Crippen LogP contribution in [-0.2, 0) is 6.42 Å². The zero-order valence-electron chi connectivity index (χ0n) is 16.4. The quantitative estimate of drug-likeness (QED) is 0.696. The van der Waals surface area contributed by atoms with Gasteiger partial charge in [0.25, 0.3) is 5.91 Å². The maximum atomic E-state index is 12.6. The summed E-state index contributed by atoms with van der Waals surface area (Å²) in [6.07, 6.45) is 5.61. The lowest BCUT2D eigenvalue weighted by molar-refractivity contribution is 0.0730. The third-order valence-electron chi connectivity index (χ3n) is 5.94. The van der Waals surface area contributed by atoms with Crippen LogP contribution in [0.25, 0.3) is 0 Å². The molecule has 0 bridgehead atoms. The van der Waals surface area contributed by atoms with Crippen molar-refractivity contribution in [2.75, 3.05) is 33.2 Å². The molecule has 2 heterocycles. The van der Waals surface area contributed by atoms with E-state index < -0.39 is 0 Å². The van der Waals surface area contributed by atoms with Crippen molar-refractivity contribution in [1.29, 1.82) is 0 Å². The summed E-state index contributed by atoms with van der Waals surface area (Å²) in [5.41, 5.74) is 1.78. The minimum atomic E-state index is -0.0270. The number of hydrogen-bond acceptors (Lipinski definition) is 4. The highest BCUT2D eigenvalue weighted by molar-refractivity contribution is 6.30. The Morgan fingerprint density at radius 2 is 1.93 bits per heavy atom. The van der Waals surface area contributed by atoms with Crippen LogP contribution in [-0.4, -0.2) is 54.1 Å². The van der Waals surface area contributed by atoms with Crippen molar-refractivity contribution in [3.05, 3.63) is 52.4 Å². The second kappa shape index (κ2) is 8.66. The van der Waals surface area contributed by atoms with Crippen molar-refractivity contribution in [1.82, 2.24) is 15.0 Å². The maximum Gasteiger partial charge on any atom is 0.275 e. The molecule has 28 heavy (non-hydrogen) atoms. The molecule has 1 aromatic heterocycles. The highest BCUT2D eigenvalue weighted by atomic mass is 35.5. The van der Waals surface area contributed by atoms with Gasteiger partial charge in [-0.3, -0.25) is 4.79 Å². The number of benzene rings is 1. The van der Waals surface area contributed by atoms with Gasteiger partial charge in [0.1, 0.15) is 5.76 Å². The molecule has 2 aromatic rings. The van der Waals surface area contributed by atoms with E-state index in [9.17, 15) is 4.79 Å². The molecule has 2 aliphatic rings. The fraction of sp³-hybridized carbons (Fsp3) is 0.545. The van der Waals surface area contributed by atoms with Gasteiger partial charge in [-0.25, -0.2) is 0 Å². The number of carbonyl (C=O) groups excluding carboxylic acids is 1. The molecule has 2 fully saturated rings. The van der Waals surface area contributed by atoms with E-state index in [0.29, 0.717) is 17.5 Å². The molecule has 0 spiro atoms. The van der Waals surface area contributed by atoms with E-state index in [0.717, 1.165) is 69.1 Å². The minimum absolute atomic E-state index is 0.0270. The standard InChI is InChI=1S/C22H28ClN3O2/c1-25(22(27)20-14-21(28-24-20)18-4-5-18)15-17-9-12-26(13-10-17)11-8-16-2-6-19(23)7-3-16/h2-3,6-7,14,17-18H,4-5,8-13,15H2,1H3. The Balaban J connectivity index is 1.20. The summed E-state index contributed by atoms with van der Waals surface area (Å²) in [6.45, 7) is 4.05. The number of nitrogens with zero attached hydrogens (tertiary/aromatic N) is 3. The Morgan fingerprint density at radius 3 is 2.61 bits per heavy atom. The first-order valence-electron chi connectivity index (χ1n) is 10.3. The van der Waals surface area contributed by atoms with E-state index in [4.69, 9.17) is 16.1 Å². The van der Waals surface area contributed by atoms with E-state index in [-0.39, 0.29) is 5.91 Å². The smallest absolute Gasteiger partial charge is 0.275 e. The fourth-order valence-corrected chi connectivity index (χ4v) is 4.07. The van der Waals surface area contributed by atoms with Crippen LogP contribution in [0.15, 0.2) is 34.9 Å². The summed E-state index contributed by atoms with van der Waals surface area (Å²) in [7, 11) is 1.88. The third kappa shape index (κ3) is 4.95. The topological polar surface area (TPSA) is 49.6 Å². The predicted molar refractivity (Wildman–Crippen MR) is 110 cm³/mol. The summed E-state index contributed by atoms with van der Waals surface area (Å²) in [6, 6.07) is 9.95. The lowest BCUT2D eigenvalue weighted by atomic mass is 9.96. The number of halogens is 1. The van der Waals surface area contributed by atoms with Crippen molar-refractivity contribution in [3.8, 4) is 0 Å². The van der Waals surface area contributed by atoms with Crippen LogP contribution in [0.4, 0.5) is 0 Å². The van der Waals surface area contributed by atoms with Gasteiger partial charge in [0.05, 0.1) is 0 Å². The fourth-order valence-electron chi connectivity index (χ4n) is 3.95. The molecule has 5 nitrogen and oxygen atoms in total. The molecule has 1 saturated carbocycles. The van der Waals surface area contributed by atoms with Crippen LogP contribution in [0.1, 0.15) is 53.4 Å². The molecular weight excluding hydrogens is 374 g/mol. The van der Waals surface area contributed by atoms with Crippen molar-refractivity contribution < 1.29 is 9.32 Å². The molecule has 4 rings (SSSR count). The first-order valence-corrected chi connectivity index (χ1v) is 10.6. The zero-order valence-corrected chi connectivity index (χ0v) is 17.2. The monoisotopic (exact) mass is 401 g/mol. The second-order valence-electron chi connectivity index (χ2n) is 8.24. The van der Waals surface area contributed by atoms with Gasteiger partial charge >= 0.3 is 0 Å². The van der Waals surface area contributed by atoms with Gasteiger partial charge in [0, 0.05) is 37.1 Å². The molecule has 0 atom stereocenters. The van der Waals surface area contributed by atoms with E-state index in [1.165, 1.54) is 5.56 Å².